The van der Waals surface area contributed by atoms with Crippen molar-refractivity contribution in [3.05, 3.63) is 24.3 Å². The van der Waals surface area contributed by atoms with Crippen LogP contribution in [0.5, 0.6) is 5.75 Å². The summed E-state index contributed by atoms with van der Waals surface area (Å²) in [6.07, 6.45) is 1.03. The molecular weight excluding hydrogens is 220 g/mol. The summed E-state index contributed by atoms with van der Waals surface area (Å²) in [5.74, 6) is 0.160. The highest BCUT2D eigenvalue weighted by molar-refractivity contribution is 5.75. The zero-order valence-corrected chi connectivity index (χ0v) is 9.52. The Labute approximate surface area is 99.9 Å². The van der Waals surface area contributed by atoms with E-state index in [1.807, 2.05) is 12.1 Å². The first kappa shape index (κ1) is 11.7. The minimum Gasteiger partial charge on any atom is -0.484 e. The zero-order valence-electron chi connectivity index (χ0n) is 9.52. The van der Waals surface area contributed by atoms with E-state index in [1.54, 1.807) is 12.1 Å². The molecule has 1 saturated heterocycles. The molecule has 1 aromatic rings. The molecule has 1 amide bonds. The molecule has 17 heavy (non-hydrogen) atoms. The van der Waals surface area contributed by atoms with Gasteiger partial charge in [0.1, 0.15) is 5.75 Å². The Morgan fingerprint density at radius 3 is 2.82 bits per heavy atom. The molecule has 3 N–H and O–H groups in total. The number of hydrogen-bond acceptors (Lipinski definition) is 4. The van der Waals surface area contributed by atoms with Gasteiger partial charge in [0.05, 0.1) is 12.6 Å². The lowest BCUT2D eigenvalue weighted by molar-refractivity contribution is -0.119. The van der Waals surface area contributed by atoms with Gasteiger partial charge in [-0.05, 0) is 30.7 Å². The maximum atomic E-state index is 10.5. The number of carbonyl (C=O) groups excluding carboxylic acids is 1. The number of carbonyl (C=O) groups is 1. The molecule has 0 radical (unpaired) electrons. The molecule has 1 fully saturated rings. The molecule has 1 heterocycles. The summed E-state index contributed by atoms with van der Waals surface area (Å²) in [6.45, 7) is 1.47. The minimum atomic E-state index is -0.477. The van der Waals surface area contributed by atoms with Crippen molar-refractivity contribution in [1.82, 2.24) is 0 Å². The van der Waals surface area contributed by atoms with E-state index in [9.17, 15) is 4.79 Å². The molecule has 0 aliphatic carbocycles. The second kappa shape index (κ2) is 5.54. The van der Waals surface area contributed by atoms with E-state index >= 15 is 0 Å². The summed E-state index contributed by atoms with van der Waals surface area (Å²) >= 11 is 0. The first-order valence-corrected chi connectivity index (χ1v) is 5.59. The molecule has 0 saturated carbocycles. The van der Waals surface area contributed by atoms with Crippen LogP contribution in [0, 0.1) is 0 Å². The average molecular weight is 236 g/mol. The van der Waals surface area contributed by atoms with Crippen LogP contribution >= 0.6 is 0 Å². The second-order valence-electron chi connectivity index (χ2n) is 3.98. The predicted molar refractivity (Wildman–Crippen MR) is 64.0 cm³/mol. The number of amides is 1. The predicted octanol–water partition coefficient (Wildman–Crippen LogP) is 0.751. The number of benzene rings is 1. The lowest BCUT2D eigenvalue weighted by Gasteiger charge is -2.12. The summed E-state index contributed by atoms with van der Waals surface area (Å²) in [6, 6.07) is 7.82. The Hall–Kier alpha value is -1.75. The number of nitrogens with one attached hydrogen (secondary N) is 1. The number of ether oxygens (including phenoxy) is 2. The van der Waals surface area contributed by atoms with Crippen LogP contribution in [0.4, 0.5) is 5.69 Å². The molecule has 1 aromatic carbocycles. The molecule has 0 aromatic heterocycles. The van der Waals surface area contributed by atoms with Gasteiger partial charge in [0.15, 0.2) is 6.61 Å². The largest absolute Gasteiger partial charge is 0.484 e. The Kier molecular flexibility index (Phi) is 3.82. The monoisotopic (exact) mass is 236 g/mol. The summed E-state index contributed by atoms with van der Waals surface area (Å²) in [4.78, 5) is 10.5. The van der Waals surface area contributed by atoms with Crippen molar-refractivity contribution < 1.29 is 14.3 Å². The molecule has 0 spiro atoms. The van der Waals surface area contributed by atoms with Gasteiger partial charge < -0.3 is 20.5 Å². The fraction of sp³-hybridized carbons (Fsp3) is 0.417. The van der Waals surface area contributed by atoms with Crippen LogP contribution in [0.2, 0.25) is 0 Å². The minimum absolute atomic E-state index is 0.0940. The van der Waals surface area contributed by atoms with Crippen molar-refractivity contribution >= 4 is 11.6 Å². The fourth-order valence-electron chi connectivity index (χ4n) is 1.69. The van der Waals surface area contributed by atoms with Crippen molar-refractivity contribution in [1.29, 1.82) is 0 Å². The number of anilines is 1. The van der Waals surface area contributed by atoms with E-state index in [4.69, 9.17) is 15.2 Å². The second-order valence-corrected chi connectivity index (χ2v) is 3.98. The summed E-state index contributed by atoms with van der Waals surface area (Å²) < 4.78 is 10.4. The van der Waals surface area contributed by atoms with Crippen LogP contribution in [-0.2, 0) is 9.53 Å². The number of hydrogen-bond donors (Lipinski definition) is 2. The van der Waals surface area contributed by atoms with Crippen LogP contribution in [-0.4, -0.2) is 31.8 Å². The van der Waals surface area contributed by atoms with Crippen LogP contribution in [0.3, 0.4) is 0 Å². The number of primary amides is 1. The van der Waals surface area contributed by atoms with Crippen molar-refractivity contribution in [3.63, 3.8) is 0 Å². The van der Waals surface area contributed by atoms with Gasteiger partial charge in [-0.1, -0.05) is 0 Å². The summed E-state index contributed by atoms with van der Waals surface area (Å²) in [7, 11) is 0. The van der Waals surface area contributed by atoms with Crippen LogP contribution in [0.15, 0.2) is 24.3 Å². The van der Waals surface area contributed by atoms with Crippen molar-refractivity contribution in [2.24, 2.45) is 5.73 Å². The fourth-order valence-corrected chi connectivity index (χ4v) is 1.69. The lowest BCUT2D eigenvalue weighted by Crippen LogP contribution is -2.20. The van der Waals surface area contributed by atoms with Crippen molar-refractivity contribution in [2.45, 2.75) is 12.5 Å². The van der Waals surface area contributed by atoms with Gasteiger partial charge in [-0.15, -0.1) is 0 Å². The molecule has 1 aliphatic rings. The summed E-state index contributed by atoms with van der Waals surface area (Å²) in [5.41, 5.74) is 6.01. The van der Waals surface area contributed by atoms with Gasteiger partial charge in [-0.3, -0.25) is 4.79 Å². The van der Waals surface area contributed by atoms with E-state index in [0.717, 1.165) is 25.3 Å². The van der Waals surface area contributed by atoms with E-state index in [2.05, 4.69) is 5.32 Å². The SMILES string of the molecule is NC(=O)COc1ccc(NC2CCOC2)cc1. The Bertz CT molecular complexity index is 372. The molecule has 1 aliphatic heterocycles. The van der Waals surface area contributed by atoms with Crippen molar-refractivity contribution in [3.8, 4) is 5.75 Å². The molecule has 5 nitrogen and oxygen atoms in total. The van der Waals surface area contributed by atoms with Crippen molar-refractivity contribution in [2.75, 3.05) is 25.1 Å². The van der Waals surface area contributed by atoms with E-state index in [1.165, 1.54) is 0 Å². The molecule has 0 bridgehead atoms. The maximum Gasteiger partial charge on any atom is 0.255 e. The Morgan fingerprint density at radius 2 is 2.24 bits per heavy atom. The summed E-state index contributed by atoms with van der Waals surface area (Å²) in [5, 5.41) is 3.36. The van der Waals surface area contributed by atoms with E-state index in [0.29, 0.717) is 11.8 Å². The van der Waals surface area contributed by atoms with Gasteiger partial charge in [-0.25, -0.2) is 0 Å². The molecule has 92 valence electrons. The van der Waals surface area contributed by atoms with Crippen LogP contribution in [0.1, 0.15) is 6.42 Å². The molecule has 5 heteroatoms. The Balaban J connectivity index is 1.86. The van der Waals surface area contributed by atoms with Gasteiger partial charge >= 0.3 is 0 Å². The zero-order chi connectivity index (χ0) is 12.1. The topological polar surface area (TPSA) is 73.6 Å². The third-order valence-corrected chi connectivity index (χ3v) is 2.54. The highest BCUT2D eigenvalue weighted by Crippen LogP contribution is 2.18. The smallest absolute Gasteiger partial charge is 0.255 e. The van der Waals surface area contributed by atoms with Gasteiger partial charge in [0, 0.05) is 12.3 Å². The number of rotatable bonds is 5. The van der Waals surface area contributed by atoms with Gasteiger partial charge in [-0.2, -0.15) is 0 Å². The highest BCUT2D eigenvalue weighted by Gasteiger charge is 2.14. The third kappa shape index (κ3) is 3.64. The molecule has 1 atom stereocenters. The maximum absolute atomic E-state index is 10.5. The standard InChI is InChI=1S/C12H16N2O3/c13-12(15)8-17-11-3-1-9(2-4-11)14-10-5-6-16-7-10/h1-4,10,14H,5-8H2,(H2,13,15). The Morgan fingerprint density at radius 1 is 1.47 bits per heavy atom. The molecule has 2 rings (SSSR count). The molecular formula is C12H16N2O3. The molecule has 1 unspecified atom stereocenters. The van der Waals surface area contributed by atoms with E-state index in [-0.39, 0.29) is 6.61 Å². The first-order chi connectivity index (χ1) is 8.24. The van der Waals surface area contributed by atoms with E-state index < -0.39 is 5.91 Å². The lowest BCUT2D eigenvalue weighted by atomic mass is 10.2. The quantitative estimate of drug-likeness (QED) is 0.791. The highest BCUT2D eigenvalue weighted by atomic mass is 16.5. The van der Waals surface area contributed by atoms with Gasteiger partial charge in [0.25, 0.3) is 5.91 Å². The average Bonchev–Trinajstić information content (AvgIpc) is 2.81. The third-order valence-electron chi connectivity index (χ3n) is 2.54. The van der Waals surface area contributed by atoms with Crippen LogP contribution < -0.4 is 15.8 Å². The normalized spacial score (nSPS) is 18.9. The first-order valence-electron chi connectivity index (χ1n) is 5.59. The van der Waals surface area contributed by atoms with Gasteiger partial charge in [0.2, 0.25) is 0 Å². The number of nitrogens with two attached hydrogens (primary N) is 1. The van der Waals surface area contributed by atoms with Crippen LogP contribution in [0.25, 0.3) is 0 Å².